The second kappa shape index (κ2) is 10.6. The molecule has 1 atom stereocenters. The Morgan fingerprint density at radius 1 is 1.07 bits per heavy atom. The molecular formula is C22H25Cl2FN2O2. The van der Waals surface area contributed by atoms with Gasteiger partial charge in [0.15, 0.2) is 0 Å². The molecule has 0 aliphatic heterocycles. The predicted octanol–water partition coefficient (Wildman–Crippen LogP) is 4.86. The summed E-state index contributed by atoms with van der Waals surface area (Å²) in [4.78, 5) is 27.1. The summed E-state index contributed by atoms with van der Waals surface area (Å²) < 4.78 is 13.2. The zero-order valence-corrected chi connectivity index (χ0v) is 18.2. The molecule has 2 amide bonds. The molecule has 1 N–H and O–H groups in total. The smallest absolute Gasteiger partial charge is 0.242 e. The molecule has 0 saturated heterocycles. The number of carbonyl (C=O) groups is 2. The lowest BCUT2D eigenvalue weighted by atomic mass is 10.1. The molecule has 0 aliphatic carbocycles. The second-order valence-corrected chi connectivity index (χ2v) is 8.22. The monoisotopic (exact) mass is 438 g/mol. The zero-order chi connectivity index (χ0) is 21.6. The summed E-state index contributed by atoms with van der Waals surface area (Å²) in [5.41, 5.74) is 1.35. The van der Waals surface area contributed by atoms with Gasteiger partial charge in [-0.1, -0.05) is 55.2 Å². The van der Waals surface area contributed by atoms with Crippen LogP contribution >= 0.6 is 23.2 Å². The van der Waals surface area contributed by atoms with E-state index in [9.17, 15) is 14.0 Å². The van der Waals surface area contributed by atoms with Gasteiger partial charge < -0.3 is 10.2 Å². The first kappa shape index (κ1) is 23.2. The van der Waals surface area contributed by atoms with Gasteiger partial charge in [0, 0.05) is 23.1 Å². The average Bonchev–Trinajstić information content (AvgIpc) is 2.66. The number of hydrogen-bond donors (Lipinski definition) is 1. The van der Waals surface area contributed by atoms with E-state index in [-0.39, 0.29) is 30.6 Å². The van der Waals surface area contributed by atoms with Crippen LogP contribution in [-0.4, -0.2) is 29.3 Å². The number of nitrogens with one attached hydrogen (secondary N) is 1. The third kappa shape index (κ3) is 7.02. The Kier molecular flexibility index (Phi) is 8.47. The number of carbonyl (C=O) groups excluding carboxylic acids is 2. The zero-order valence-electron chi connectivity index (χ0n) is 16.7. The van der Waals surface area contributed by atoms with E-state index in [1.807, 2.05) is 13.8 Å². The van der Waals surface area contributed by atoms with Gasteiger partial charge in [-0.25, -0.2) is 4.39 Å². The predicted molar refractivity (Wildman–Crippen MR) is 114 cm³/mol. The highest BCUT2D eigenvalue weighted by molar-refractivity contribution is 6.35. The first-order valence-corrected chi connectivity index (χ1v) is 10.2. The molecule has 1 unspecified atom stereocenters. The van der Waals surface area contributed by atoms with Crippen LogP contribution in [0.3, 0.4) is 0 Å². The van der Waals surface area contributed by atoms with E-state index < -0.39 is 6.04 Å². The molecule has 0 saturated carbocycles. The summed E-state index contributed by atoms with van der Waals surface area (Å²) in [5, 5.41) is 3.78. The van der Waals surface area contributed by atoms with Gasteiger partial charge in [0.05, 0.1) is 6.42 Å². The maximum absolute atomic E-state index is 13.2. The third-order valence-electron chi connectivity index (χ3n) is 4.48. The highest BCUT2D eigenvalue weighted by Gasteiger charge is 2.26. The van der Waals surface area contributed by atoms with Crippen LogP contribution in [0.15, 0.2) is 42.5 Å². The molecule has 0 bridgehead atoms. The van der Waals surface area contributed by atoms with Gasteiger partial charge in [-0.15, -0.1) is 0 Å². The molecular weight excluding hydrogens is 414 g/mol. The van der Waals surface area contributed by atoms with E-state index in [0.717, 1.165) is 0 Å². The van der Waals surface area contributed by atoms with Crippen LogP contribution in [0.4, 0.5) is 4.39 Å². The van der Waals surface area contributed by atoms with Gasteiger partial charge >= 0.3 is 0 Å². The van der Waals surface area contributed by atoms with Crippen LogP contribution in [-0.2, 0) is 22.6 Å². The van der Waals surface area contributed by atoms with Crippen LogP contribution in [0.2, 0.25) is 10.0 Å². The lowest BCUT2D eigenvalue weighted by molar-refractivity contribution is -0.140. The van der Waals surface area contributed by atoms with Gasteiger partial charge in [0.1, 0.15) is 11.9 Å². The van der Waals surface area contributed by atoms with Gasteiger partial charge in [-0.05, 0) is 48.2 Å². The van der Waals surface area contributed by atoms with E-state index in [1.54, 1.807) is 37.3 Å². The van der Waals surface area contributed by atoms with Crippen molar-refractivity contribution in [3.63, 3.8) is 0 Å². The Balaban J connectivity index is 2.24. The van der Waals surface area contributed by atoms with Gasteiger partial charge in [-0.2, -0.15) is 0 Å². The van der Waals surface area contributed by atoms with Crippen molar-refractivity contribution in [2.24, 2.45) is 5.92 Å². The molecule has 7 heteroatoms. The Morgan fingerprint density at radius 2 is 1.72 bits per heavy atom. The van der Waals surface area contributed by atoms with Crippen molar-refractivity contribution in [1.82, 2.24) is 10.2 Å². The van der Waals surface area contributed by atoms with Crippen molar-refractivity contribution in [3.05, 3.63) is 69.5 Å². The van der Waals surface area contributed by atoms with Crippen molar-refractivity contribution >= 4 is 35.0 Å². The molecule has 0 aliphatic rings. The summed E-state index contributed by atoms with van der Waals surface area (Å²) in [6.07, 6.45) is 0.0489. The van der Waals surface area contributed by atoms with E-state index >= 15 is 0 Å². The van der Waals surface area contributed by atoms with Crippen molar-refractivity contribution in [1.29, 1.82) is 0 Å². The number of nitrogens with zero attached hydrogens (tertiary/aromatic N) is 1. The molecule has 4 nitrogen and oxygen atoms in total. The standard InChI is InChI=1S/C22H25Cl2FN2O2/c1-14(2)12-26-22(29)15(3)27(13-17-6-7-18(23)11-20(17)24)21(28)10-16-4-8-19(25)9-5-16/h4-9,11,14-15H,10,12-13H2,1-3H3,(H,26,29). The number of halogens is 3. The minimum atomic E-state index is -0.701. The second-order valence-electron chi connectivity index (χ2n) is 7.38. The quantitative estimate of drug-likeness (QED) is 0.639. The summed E-state index contributed by atoms with van der Waals surface area (Å²) in [7, 11) is 0. The molecule has 156 valence electrons. The molecule has 2 aromatic rings. The van der Waals surface area contributed by atoms with E-state index in [0.29, 0.717) is 33.6 Å². The fourth-order valence-electron chi connectivity index (χ4n) is 2.75. The van der Waals surface area contributed by atoms with Crippen molar-refractivity contribution in [2.75, 3.05) is 6.54 Å². The maximum Gasteiger partial charge on any atom is 0.242 e. The van der Waals surface area contributed by atoms with Gasteiger partial charge in [0.25, 0.3) is 0 Å². The minimum Gasteiger partial charge on any atom is -0.354 e. The lowest BCUT2D eigenvalue weighted by Gasteiger charge is -2.29. The van der Waals surface area contributed by atoms with Crippen LogP contribution in [0.1, 0.15) is 31.9 Å². The maximum atomic E-state index is 13.2. The number of benzene rings is 2. The normalized spacial score (nSPS) is 12.0. The molecule has 0 fully saturated rings. The Bertz CT molecular complexity index is 856. The Labute approximate surface area is 181 Å². The number of amides is 2. The highest BCUT2D eigenvalue weighted by atomic mass is 35.5. The van der Waals surface area contributed by atoms with E-state index in [4.69, 9.17) is 23.2 Å². The summed E-state index contributed by atoms with van der Waals surface area (Å²) in [6, 6.07) is 10.1. The fourth-order valence-corrected chi connectivity index (χ4v) is 3.22. The molecule has 0 spiro atoms. The van der Waals surface area contributed by atoms with Crippen molar-refractivity contribution in [2.45, 2.75) is 39.8 Å². The Hall–Kier alpha value is -2.11. The minimum absolute atomic E-state index is 0.0489. The van der Waals surface area contributed by atoms with Gasteiger partial charge in [0.2, 0.25) is 11.8 Å². The van der Waals surface area contributed by atoms with Crippen LogP contribution in [0.5, 0.6) is 0 Å². The van der Waals surface area contributed by atoms with Gasteiger partial charge in [-0.3, -0.25) is 9.59 Å². The fraction of sp³-hybridized carbons (Fsp3) is 0.364. The molecule has 0 heterocycles. The first-order valence-electron chi connectivity index (χ1n) is 9.43. The van der Waals surface area contributed by atoms with Crippen molar-refractivity contribution in [3.8, 4) is 0 Å². The van der Waals surface area contributed by atoms with Crippen LogP contribution < -0.4 is 5.32 Å². The van der Waals surface area contributed by atoms with E-state index in [1.165, 1.54) is 17.0 Å². The summed E-state index contributed by atoms with van der Waals surface area (Å²) >= 11 is 12.2. The van der Waals surface area contributed by atoms with E-state index in [2.05, 4.69) is 5.32 Å². The summed E-state index contributed by atoms with van der Waals surface area (Å²) in [6.45, 7) is 6.35. The molecule has 0 radical (unpaired) electrons. The third-order valence-corrected chi connectivity index (χ3v) is 5.06. The number of hydrogen-bond acceptors (Lipinski definition) is 2. The lowest BCUT2D eigenvalue weighted by Crippen LogP contribution is -2.48. The summed E-state index contributed by atoms with van der Waals surface area (Å²) in [5.74, 6) is -0.571. The number of rotatable bonds is 8. The molecule has 0 aromatic heterocycles. The average molecular weight is 439 g/mol. The molecule has 2 aromatic carbocycles. The highest BCUT2D eigenvalue weighted by Crippen LogP contribution is 2.23. The van der Waals surface area contributed by atoms with Crippen molar-refractivity contribution < 1.29 is 14.0 Å². The van der Waals surface area contributed by atoms with Crippen LogP contribution in [0.25, 0.3) is 0 Å². The largest absolute Gasteiger partial charge is 0.354 e. The SMILES string of the molecule is CC(C)CNC(=O)C(C)N(Cc1ccc(Cl)cc1Cl)C(=O)Cc1ccc(F)cc1. The topological polar surface area (TPSA) is 49.4 Å². The van der Waals surface area contributed by atoms with Crippen LogP contribution in [0, 0.1) is 11.7 Å². The Morgan fingerprint density at radius 3 is 2.31 bits per heavy atom. The first-order chi connectivity index (χ1) is 13.7. The molecule has 29 heavy (non-hydrogen) atoms. The molecule has 2 rings (SSSR count).